The van der Waals surface area contributed by atoms with Crippen LogP contribution < -0.4 is 0 Å². The molecule has 2 aromatic rings. The molecule has 0 unspecified atom stereocenters. The number of aliphatic hydroxyl groups is 1. The summed E-state index contributed by atoms with van der Waals surface area (Å²) in [6.45, 7) is 1.21. The number of ketones is 1. The van der Waals surface area contributed by atoms with Gasteiger partial charge in [-0.1, -0.05) is 28.1 Å². The Hall–Kier alpha value is -2.51. The van der Waals surface area contributed by atoms with Crippen molar-refractivity contribution in [3.05, 3.63) is 70.0 Å². The summed E-state index contributed by atoms with van der Waals surface area (Å²) in [4.78, 5) is 33.2. The summed E-state index contributed by atoms with van der Waals surface area (Å²) in [7, 11) is 3.92. The van der Waals surface area contributed by atoms with Crippen LogP contribution in [0.15, 0.2) is 58.8 Å². The monoisotopic (exact) mass is 443 g/mol. The molecule has 0 spiro atoms. The molecule has 28 heavy (non-hydrogen) atoms. The normalized spacial score (nSPS) is 18.9. The minimum Gasteiger partial charge on any atom is -0.507 e. The van der Waals surface area contributed by atoms with Gasteiger partial charge in [-0.3, -0.25) is 14.6 Å². The molecule has 6 nitrogen and oxygen atoms in total. The van der Waals surface area contributed by atoms with E-state index in [1.165, 1.54) is 12.4 Å². The second-order valence-electron chi connectivity index (χ2n) is 6.94. The Morgan fingerprint density at radius 2 is 1.93 bits per heavy atom. The van der Waals surface area contributed by atoms with Crippen LogP contribution in [-0.2, 0) is 9.59 Å². The number of pyridine rings is 1. The lowest BCUT2D eigenvalue weighted by Crippen LogP contribution is -2.32. The topological polar surface area (TPSA) is 73.7 Å². The third-order valence-electron chi connectivity index (χ3n) is 4.66. The van der Waals surface area contributed by atoms with Gasteiger partial charge >= 0.3 is 0 Å². The molecular formula is C21H22BrN3O3. The van der Waals surface area contributed by atoms with Crippen LogP contribution in [0.25, 0.3) is 5.76 Å². The zero-order chi connectivity index (χ0) is 20.3. The third-order valence-corrected chi connectivity index (χ3v) is 5.16. The van der Waals surface area contributed by atoms with E-state index in [1.54, 1.807) is 17.0 Å². The summed E-state index contributed by atoms with van der Waals surface area (Å²) in [6.07, 6.45) is 3.80. The number of aliphatic hydroxyl groups excluding tert-OH is 1. The molecule has 1 aliphatic heterocycles. The van der Waals surface area contributed by atoms with Crippen molar-refractivity contribution in [3.63, 3.8) is 0 Å². The van der Waals surface area contributed by atoms with Crippen LogP contribution in [0.2, 0.25) is 0 Å². The fourth-order valence-corrected chi connectivity index (χ4v) is 3.77. The number of halogens is 1. The minimum atomic E-state index is -0.663. The molecule has 0 radical (unpaired) electrons. The Balaban J connectivity index is 2.08. The summed E-state index contributed by atoms with van der Waals surface area (Å²) in [5.74, 6) is -1.43. The second-order valence-corrected chi connectivity index (χ2v) is 7.86. The Labute approximate surface area is 172 Å². The molecule has 1 amide bonds. The highest BCUT2D eigenvalue weighted by molar-refractivity contribution is 9.10. The molecule has 1 atom stereocenters. The van der Waals surface area contributed by atoms with Crippen molar-refractivity contribution in [1.82, 2.24) is 14.8 Å². The van der Waals surface area contributed by atoms with Crippen molar-refractivity contribution in [2.24, 2.45) is 0 Å². The van der Waals surface area contributed by atoms with Crippen molar-refractivity contribution in [1.29, 1.82) is 0 Å². The molecule has 1 aromatic heterocycles. The van der Waals surface area contributed by atoms with Gasteiger partial charge in [0, 0.05) is 29.0 Å². The van der Waals surface area contributed by atoms with Crippen LogP contribution in [-0.4, -0.2) is 58.8 Å². The zero-order valence-corrected chi connectivity index (χ0v) is 17.4. The molecule has 3 rings (SSSR count). The second kappa shape index (κ2) is 8.67. The van der Waals surface area contributed by atoms with E-state index in [9.17, 15) is 14.7 Å². The average Bonchev–Trinajstić information content (AvgIpc) is 2.93. The lowest BCUT2D eigenvalue weighted by Gasteiger charge is -2.26. The SMILES string of the molecule is CN(C)CCCN1C(=O)C(=O)/C(=C(/O)c2ccncc2)[C@@H]1c1cccc(Br)c1. The molecule has 1 aliphatic rings. The molecule has 1 saturated heterocycles. The first-order valence-corrected chi connectivity index (χ1v) is 9.78. The third kappa shape index (κ3) is 4.15. The van der Waals surface area contributed by atoms with Crippen molar-refractivity contribution in [3.8, 4) is 0 Å². The molecule has 1 fully saturated rings. The van der Waals surface area contributed by atoms with Gasteiger partial charge in [0.25, 0.3) is 11.7 Å². The van der Waals surface area contributed by atoms with E-state index in [4.69, 9.17) is 0 Å². The number of hydrogen-bond donors (Lipinski definition) is 1. The smallest absolute Gasteiger partial charge is 0.295 e. The number of rotatable bonds is 6. The molecule has 1 N–H and O–H groups in total. The van der Waals surface area contributed by atoms with Gasteiger partial charge in [-0.15, -0.1) is 0 Å². The maximum atomic E-state index is 12.8. The Morgan fingerprint density at radius 3 is 2.57 bits per heavy atom. The highest BCUT2D eigenvalue weighted by atomic mass is 79.9. The molecular weight excluding hydrogens is 422 g/mol. The van der Waals surface area contributed by atoms with E-state index in [-0.39, 0.29) is 11.3 Å². The van der Waals surface area contributed by atoms with E-state index < -0.39 is 17.7 Å². The number of carbonyl (C=O) groups is 2. The van der Waals surface area contributed by atoms with Crippen molar-refractivity contribution in [2.45, 2.75) is 12.5 Å². The van der Waals surface area contributed by atoms with Gasteiger partial charge in [0.1, 0.15) is 5.76 Å². The summed E-state index contributed by atoms with van der Waals surface area (Å²) in [5, 5.41) is 10.9. The van der Waals surface area contributed by atoms with E-state index >= 15 is 0 Å². The van der Waals surface area contributed by atoms with Gasteiger partial charge in [0.05, 0.1) is 11.6 Å². The first-order valence-electron chi connectivity index (χ1n) is 8.99. The molecule has 2 heterocycles. The van der Waals surface area contributed by atoms with Gasteiger partial charge in [-0.05, 0) is 56.9 Å². The van der Waals surface area contributed by atoms with Gasteiger partial charge in [-0.2, -0.15) is 0 Å². The molecule has 146 valence electrons. The number of hydrogen-bond acceptors (Lipinski definition) is 5. The summed E-state index contributed by atoms with van der Waals surface area (Å²) >= 11 is 3.45. The molecule has 1 aromatic carbocycles. The van der Waals surface area contributed by atoms with Crippen molar-refractivity contribution >= 4 is 33.4 Å². The lowest BCUT2D eigenvalue weighted by molar-refractivity contribution is -0.139. The number of likely N-dealkylation sites (tertiary alicyclic amines) is 1. The lowest BCUT2D eigenvalue weighted by atomic mass is 9.95. The highest BCUT2D eigenvalue weighted by Crippen LogP contribution is 2.39. The molecule has 0 aliphatic carbocycles. The summed E-state index contributed by atoms with van der Waals surface area (Å²) in [6, 6.07) is 10.1. The predicted octanol–water partition coefficient (Wildman–Crippen LogP) is 3.22. The van der Waals surface area contributed by atoms with Crippen LogP contribution >= 0.6 is 15.9 Å². The van der Waals surface area contributed by atoms with Gasteiger partial charge < -0.3 is 14.9 Å². The number of Topliss-reactive ketones (excluding diaryl/α,β-unsaturated/α-hetero) is 1. The summed E-state index contributed by atoms with van der Waals surface area (Å²) < 4.78 is 0.841. The number of benzene rings is 1. The van der Waals surface area contributed by atoms with Gasteiger partial charge in [0.2, 0.25) is 0 Å². The standard InChI is InChI=1S/C21H22BrN3O3/c1-24(2)11-4-12-25-18(15-5-3-6-16(22)13-15)17(20(27)21(25)28)19(26)14-7-9-23-10-8-14/h3,5-10,13,18,26H,4,11-12H2,1-2H3/b19-17+/t18-/m0/s1. The fraction of sp³-hybridized carbons (Fsp3) is 0.286. The van der Waals surface area contributed by atoms with Gasteiger partial charge in [0.15, 0.2) is 0 Å². The minimum absolute atomic E-state index is 0.110. The highest BCUT2D eigenvalue weighted by Gasteiger charge is 2.45. The van der Waals surface area contributed by atoms with Crippen LogP contribution in [0.5, 0.6) is 0 Å². The predicted molar refractivity (Wildman–Crippen MR) is 111 cm³/mol. The largest absolute Gasteiger partial charge is 0.507 e. The molecule has 0 saturated carbocycles. The Morgan fingerprint density at radius 1 is 1.21 bits per heavy atom. The fourth-order valence-electron chi connectivity index (χ4n) is 3.36. The first-order chi connectivity index (χ1) is 13.4. The number of aromatic nitrogens is 1. The van der Waals surface area contributed by atoms with E-state index in [2.05, 4.69) is 20.9 Å². The van der Waals surface area contributed by atoms with Crippen LogP contribution in [0.3, 0.4) is 0 Å². The van der Waals surface area contributed by atoms with E-state index in [0.29, 0.717) is 12.1 Å². The Bertz CT molecular complexity index is 912. The van der Waals surface area contributed by atoms with Crippen LogP contribution in [0.4, 0.5) is 0 Å². The van der Waals surface area contributed by atoms with Crippen LogP contribution in [0, 0.1) is 0 Å². The maximum Gasteiger partial charge on any atom is 0.295 e. The van der Waals surface area contributed by atoms with E-state index in [1.807, 2.05) is 43.3 Å². The van der Waals surface area contributed by atoms with Crippen molar-refractivity contribution in [2.75, 3.05) is 27.2 Å². The van der Waals surface area contributed by atoms with E-state index in [0.717, 1.165) is 23.0 Å². The molecule has 0 bridgehead atoms. The number of amides is 1. The number of carbonyl (C=O) groups excluding carboxylic acids is 2. The molecule has 7 heteroatoms. The quantitative estimate of drug-likeness (QED) is 0.421. The average molecular weight is 444 g/mol. The first kappa shape index (κ1) is 20.2. The van der Waals surface area contributed by atoms with Gasteiger partial charge in [-0.25, -0.2) is 0 Å². The Kier molecular flexibility index (Phi) is 6.26. The zero-order valence-electron chi connectivity index (χ0n) is 15.8. The van der Waals surface area contributed by atoms with Crippen LogP contribution in [0.1, 0.15) is 23.6 Å². The maximum absolute atomic E-state index is 12.8. The summed E-state index contributed by atoms with van der Waals surface area (Å²) in [5.41, 5.74) is 1.34. The number of nitrogens with zero attached hydrogens (tertiary/aromatic N) is 3. The van der Waals surface area contributed by atoms with Crippen molar-refractivity contribution < 1.29 is 14.7 Å².